The molecule has 24 heavy (non-hydrogen) atoms. The SMILES string of the molecule is C=C(OS(=O)(=O)C(F)(F)F)C1CCN(C(=O)COC(C)(C)C)CC1. The Hall–Kier alpha value is -1.29. The van der Waals surface area contributed by atoms with E-state index in [0.29, 0.717) is 0 Å². The zero-order valence-corrected chi connectivity index (χ0v) is 14.7. The van der Waals surface area contributed by atoms with Crippen LogP contribution in [0.3, 0.4) is 0 Å². The van der Waals surface area contributed by atoms with E-state index in [2.05, 4.69) is 10.8 Å². The standard InChI is InChI=1S/C14H22F3NO5S/c1-10(23-24(20,21)14(15,16)17)11-5-7-18(8-6-11)12(19)9-22-13(2,3)4/h11H,1,5-9H2,2-4H3. The highest BCUT2D eigenvalue weighted by Gasteiger charge is 2.49. The predicted molar refractivity (Wildman–Crippen MR) is 80.2 cm³/mol. The number of hydrogen-bond acceptors (Lipinski definition) is 5. The van der Waals surface area contributed by atoms with Crippen LogP contribution in [0.5, 0.6) is 0 Å². The predicted octanol–water partition coefficient (Wildman–Crippen LogP) is 2.42. The van der Waals surface area contributed by atoms with Gasteiger partial charge in [-0.15, -0.1) is 0 Å². The maximum Gasteiger partial charge on any atom is 0.534 e. The number of halogens is 3. The first-order chi connectivity index (χ1) is 10.7. The maximum atomic E-state index is 12.3. The minimum absolute atomic E-state index is 0.0892. The number of ether oxygens (including phenoxy) is 1. The molecule has 0 spiro atoms. The minimum atomic E-state index is -5.70. The topological polar surface area (TPSA) is 72.9 Å². The van der Waals surface area contributed by atoms with Crippen molar-refractivity contribution in [3.05, 3.63) is 12.3 Å². The van der Waals surface area contributed by atoms with Gasteiger partial charge < -0.3 is 13.8 Å². The first-order valence-electron chi connectivity index (χ1n) is 7.34. The van der Waals surface area contributed by atoms with Gasteiger partial charge in [0.1, 0.15) is 12.4 Å². The Morgan fingerprint density at radius 3 is 2.12 bits per heavy atom. The van der Waals surface area contributed by atoms with Crippen molar-refractivity contribution in [1.82, 2.24) is 4.90 Å². The molecule has 0 unspecified atom stereocenters. The Kier molecular flexibility index (Phi) is 6.31. The molecule has 1 aliphatic heterocycles. The number of nitrogens with zero attached hydrogens (tertiary/aromatic N) is 1. The van der Waals surface area contributed by atoms with Gasteiger partial charge in [-0.25, -0.2) is 0 Å². The van der Waals surface area contributed by atoms with Crippen molar-refractivity contribution in [1.29, 1.82) is 0 Å². The van der Waals surface area contributed by atoms with Gasteiger partial charge in [-0.3, -0.25) is 4.79 Å². The summed E-state index contributed by atoms with van der Waals surface area (Å²) in [5.41, 5.74) is -5.95. The molecule has 1 saturated heterocycles. The van der Waals surface area contributed by atoms with E-state index in [9.17, 15) is 26.4 Å². The van der Waals surface area contributed by atoms with Crippen molar-refractivity contribution in [3.8, 4) is 0 Å². The third-order valence-corrected chi connectivity index (χ3v) is 4.43. The fourth-order valence-electron chi connectivity index (χ4n) is 2.08. The van der Waals surface area contributed by atoms with Crippen LogP contribution in [-0.2, 0) is 23.8 Å². The van der Waals surface area contributed by atoms with Gasteiger partial charge in [-0.05, 0) is 33.6 Å². The number of piperidine rings is 1. The second-order valence-electron chi connectivity index (χ2n) is 6.51. The molecule has 1 aliphatic rings. The Bertz CT molecular complexity index is 572. The van der Waals surface area contributed by atoms with Crippen LogP contribution < -0.4 is 0 Å². The summed E-state index contributed by atoms with van der Waals surface area (Å²) in [5.74, 6) is -1.24. The Morgan fingerprint density at radius 2 is 1.71 bits per heavy atom. The number of hydrogen-bond donors (Lipinski definition) is 0. The van der Waals surface area contributed by atoms with Gasteiger partial charge >= 0.3 is 15.6 Å². The minimum Gasteiger partial charge on any atom is -0.381 e. The first-order valence-corrected chi connectivity index (χ1v) is 8.75. The van der Waals surface area contributed by atoms with Crippen LogP contribution in [-0.4, -0.2) is 50.0 Å². The zero-order valence-electron chi connectivity index (χ0n) is 13.9. The number of amides is 1. The van der Waals surface area contributed by atoms with Crippen LogP contribution in [0, 0.1) is 5.92 Å². The lowest BCUT2D eigenvalue weighted by atomic mass is 9.95. The average molecular weight is 373 g/mol. The van der Waals surface area contributed by atoms with E-state index in [4.69, 9.17) is 4.74 Å². The van der Waals surface area contributed by atoms with E-state index in [1.165, 1.54) is 4.90 Å². The highest BCUT2D eigenvalue weighted by molar-refractivity contribution is 7.87. The van der Waals surface area contributed by atoms with E-state index < -0.39 is 32.9 Å². The van der Waals surface area contributed by atoms with Gasteiger partial charge in [0.2, 0.25) is 5.91 Å². The molecular weight excluding hydrogens is 351 g/mol. The number of alkyl halides is 3. The number of rotatable bonds is 5. The van der Waals surface area contributed by atoms with Crippen LogP contribution in [0.1, 0.15) is 33.6 Å². The molecule has 0 aromatic heterocycles. The van der Waals surface area contributed by atoms with E-state index in [-0.39, 0.29) is 38.4 Å². The van der Waals surface area contributed by atoms with Gasteiger partial charge in [-0.1, -0.05) is 6.58 Å². The molecule has 0 N–H and O–H groups in total. The summed E-state index contributed by atoms with van der Waals surface area (Å²) in [4.78, 5) is 13.5. The third kappa shape index (κ3) is 5.97. The lowest BCUT2D eigenvalue weighted by molar-refractivity contribution is -0.142. The van der Waals surface area contributed by atoms with Gasteiger partial charge in [-0.2, -0.15) is 21.6 Å². The summed E-state index contributed by atoms with van der Waals surface area (Å²) in [6.07, 6.45) is 0.543. The van der Waals surface area contributed by atoms with Crippen LogP contribution in [0.4, 0.5) is 13.2 Å². The average Bonchev–Trinajstić information content (AvgIpc) is 2.42. The molecule has 6 nitrogen and oxygen atoms in total. The van der Waals surface area contributed by atoms with E-state index in [1.807, 2.05) is 20.8 Å². The Labute approximate surface area is 139 Å². The Balaban J connectivity index is 2.51. The fraction of sp³-hybridized carbons (Fsp3) is 0.786. The molecule has 0 aromatic carbocycles. The maximum absolute atomic E-state index is 12.3. The summed E-state index contributed by atoms with van der Waals surface area (Å²) < 4.78 is 68.2. The normalized spacial score (nSPS) is 17.7. The van der Waals surface area contributed by atoms with Crippen molar-refractivity contribution in [2.24, 2.45) is 5.92 Å². The van der Waals surface area contributed by atoms with Gasteiger partial charge in [0, 0.05) is 19.0 Å². The molecule has 140 valence electrons. The molecule has 1 rings (SSSR count). The fourth-order valence-corrected chi connectivity index (χ4v) is 2.59. The zero-order chi connectivity index (χ0) is 18.8. The van der Waals surface area contributed by atoms with E-state index in [0.717, 1.165) is 0 Å². The number of allylic oxidation sites excluding steroid dienone is 1. The molecule has 1 amide bonds. The number of carbonyl (C=O) groups is 1. The molecule has 0 atom stereocenters. The molecule has 1 fully saturated rings. The summed E-state index contributed by atoms with van der Waals surface area (Å²) in [5, 5.41) is 0. The largest absolute Gasteiger partial charge is 0.534 e. The number of carbonyl (C=O) groups excluding carboxylic acids is 1. The van der Waals surface area contributed by atoms with Gasteiger partial charge in [0.05, 0.1) is 5.60 Å². The van der Waals surface area contributed by atoms with Gasteiger partial charge in [0.25, 0.3) is 0 Å². The molecule has 1 heterocycles. The van der Waals surface area contributed by atoms with Crippen LogP contribution in [0.15, 0.2) is 12.3 Å². The quantitative estimate of drug-likeness (QED) is 0.420. The molecule has 10 heteroatoms. The van der Waals surface area contributed by atoms with Crippen molar-refractivity contribution in [3.63, 3.8) is 0 Å². The van der Waals surface area contributed by atoms with E-state index in [1.54, 1.807) is 0 Å². The van der Waals surface area contributed by atoms with E-state index >= 15 is 0 Å². The molecule has 0 aromatic rings. The molecular formula is C14H22F3NO5S. The van der Waals surface area contributed by atoms with Crippen LogP contribution >= 0.6 is 0 Å². The third-order valence-electron chi connectivity index (χ3n) is 3.43. The van der Waals surface area contributed by atoms with Crippen molar-refractivity contribution in [2.45, 2.75) is 44.7 Å². The highest BCUT2D eigenvalue weighted by Crippen LogP contribution is 2.31. The molecule has 0 aliphatic carbocycles. The van der Waals surface area contributed by atoms with Crippen molar-refractivity contribution < 1.29 is 35.3 Å². The number of likely N-dealkylation sites (tertiary alicyclic amines) is 1. The first kappa shape index (κ1) is 20.8. The lowest BCUT2D eigenvalue weighted by Crippen LogP contribution is -2.42. The smallest absolute Gasteiger partial charge is 0.381 e. The summed E-state index contributed by atoms with van der Waals surface area (Å²) in [7, 11) is -5.70. The van der Waals surface area contributed by atoms with Gasteiger partial charge in [0.15, 0.2) is 0 Å². The molecule has 0 radical (unpaired) electrons. The molecule has 0 saturated carbocycles. The Morgan fingerprint density at radius 1 is 1.21 bits per heavy atom. The molecule has 0 bridgehead atoms. The van der Waals surface area contributed by atoms with Crippen LogP contribution in [0.2, 0.25) is 0 Å². The summed E-state index contributed by atoms with van der Waals surface area (Å²) >= 11 is 0. The van der Waals surface area contributed by atoms with Crippen LogP contribution in [0.25, 0.3) is 0 Å². The second-order valence-corrected chi connectivity index (χ2v) is 8.04. The summed E-state index contributed by atoms with van der Waals surface area (Å²) in [6, 6.07) is 0. The second kappa shape index (κ2) is 7.30. The van der Waals surface area contributed by atoms with Crippen molar-refractivity contribution >= 4 is 16.0 Å². The lowest BCUT2D eigenvalue weighted by Gasteiger charge is -2.33. The monoisotopic (exact) mass is 373 g/mol. The highest BCUT2D eigenvalue weighted by atomic mass is 32.2. The summed E-state index contributed by atoms with van der Waals surface area (Å²) in [6.45, 7) is 9.18. The van der Waals surface area contributed by atoms with Crippen molar-refractivity contribution in [2.75, 3.05) is 19.7 Å².